The summed E-state index contributed by atoms with van der Waals surface area (Å²) in [4.78, 5) is 22.2. The molecule has 118 valence electrons. The van der Waals surface area contributed by atoms with Crippen molar-refractivity contribution in [3.63, 3.8) is 0 Å². The summed E-state index contributed by atoms with van der Waals surface area (Å²) in [5.41, 5.74) is 0. The maximum atomic E-state index is 13.0. The minimum atomic E-state index is -6.61. The van der Waals surface area contributed by atoms with Crippen LogP contribution in [0.4, 0.5) is 30.7 Å². The molecule has 0 aliphatic heterocycles. The fourth-order valence-corrected chi connectivity index (χ4v) is 2.48. The van der Waals surface area contributed by atoms with Crippen molar-refractivity contribution in [3.05, 3.63) is 20.8 Å². The number of Topliss-reactive ketones (excluding diaryl/α,β-unsaturated/α-hetero) is 2. The number of carbonyl (C=O) groups excluding carboxylic acids is 2. The van der Waals surface area contributed by atoms with Crippen LogP contribution in [0.15, 0.2) is 15.9 Å². The molecule has 0 fully saturated rings. The molecular weight excluding hydrogens is 397 g/mol. The summed E-state index contributed by atoms with van der Waals surface area (Å²) in [7, 11) is 0. The molecule has 0 saturated heterocycles. The highest BCUT2D eigenvalue weighted by molar-refractivity contribution is 9.11. The minimum absolute atomic E-state index is 0.221. The molecule has 2 nitrogen and oxygen atoms in total. The SMILES string of the molecule is O=C(CC(=O)C(F)(F)C(F)(F)C(F)(F)F)c1ccc(Br)s1. The molecule has 21 heavy (non-hydrogen) atoms. The van der Waals surface area contributed by atoms with Crippen LogP contribution < -0.4 is 0 Å². The Kier molecular flexibility index (Phi) is 4.88. The molecule has 1 aromatic heterocycles. The highest BCUT2D eigenvalue weighted by Gasteiger charge is 2.75. The molecule has 0 N–H and O–H groups in total. The van der Waals surface area contributed by atoms with Crippen molar-refractivity contribution in [2.75, 3.05) is 0 Å². The molecular formula is C10H4BrF7O2S. The van der Waals surface area contributed by atoms with Crippen LogP contribution in [0.2, 0.25) is 0 Å². The number of alkyl halides is 7. The van der Waals surface area contributed by atoms with Gasteiger partial charge in [-0.1, -0.05) is 0 Å². The van der Waals surface area contributed by atoms with E-state index in [1.807, 2.05) is 0 Å². The largest absolute Gasteiger partial charge is 0.460 e. The first-order chi connectivity index (χ1) is 9.30. The van der Waals surface area contributed by atoms with E-state index in [1.54, 1.807) is 0 Å². The van der Waals surface area contributed by atoms with Crippen LogP contribution >= 0.6 is 27.3 Å². The topological polar surface area (TPSA) is 34.1 Å². The summed E-state index contributed by atoms with van der Waals surface area (Å²) in [6.07, 6.45) is -8.37. The zero-order valence-electron chi connectivity index (χ0n) is 9.61. The lowest BCUT2D eigenvalue weighted by molar-refractivity contribution is -0.343. The van der Waals surface area contributed by atoms with Gasteiger partial charge in [0.2, 0.25) is 5.78 Å². The average molecular weight is 401 g/mol. The van der Waals surface area contributed by atoms with Crippen LogP contribution in [0.5, 0.6) is 0 Å². The Bertz CT molecular complexity index is 564. The van der Waals surface area contributed by atoms with Gasteiger partial charge in [-0.05, 0) is 28.1 Å². The van der Waals surface area contributed by atoms with Crippen LogP contribution in [-0.2, 0) is 4.79 Å². The van der Waals surface area contributed by atoms with Gasteiger partial charge in [-0.3, -0.25) is 9.59 Å². The summed E-state index contributed by atoms with van der Waals surface area (Å²) in [5, 5.41) is 0. The van der Waals surface area contributed by atoms with Gasteiger partial charge in [-0.2, -0.15) is 30.7 Å². The number of halogens is 8. The van der Waals surface area contributed by atoms with Crippen molar-refractivity contribution < 1.29 is 40.3 Å². The molecule has 1 aromatic rings. The van der Waals surface area contributed by atoms with Gasteiger partial charge in [0.1, 0.15) is 0 Å². The molecule has 0 spiro atoms. The number of thiophene rings is 1. The van der Waals surface area contributed by atoms with E-state index < -0.39 is 36.0 Å². The standard InChI is InChI=1S/C10H4BrF7O2S/c11-7-2-1-5(21-7)4(19)3-6(20)8(12,13)9(14,15)10(16,17)18/h1-2H,3H2. The van der Waals surface area contributed by atoms with Gasteiger partial charge in [-0.25, -0.2) is 0 Å². The fourth-order valence-electron chi connectivity index (χ4n) is 1.16. The molecule has 0 aliphatic carbocycles. The Morgan fingerprint density at radius 1 is 1.05 bits per heavy atom. The normalized spacial score (nSPS) is 13.3. The van der Waals surface area contributed by atoms with Gasteiger partial charge < -0.3 is 0 Å². The second-order valence-electron chi connectivity index (χ2n) is 3.77. The molecule has 0 aliphatic rings. The smallest absolute Gasteiger partial charge is 0.293 e. The number of ketones is 2. The molecule has 0 atom stereocenters. The predicted molar refractivity (Wildman–Crippen MR) is 61.9 cm³/mol. The van der Waals surface area contributed by atoms with Gasteiger partial charge in [-0.15, -0.1) is 11.3 Å². The number of carbonyl (C=O) groups is 2. The van der Waals surface area contributed by atoms with Gasteiger partial charge in [0.05, 0.1) is 15.1 Å². The third-order valence-corrected chi connectivity index (χ3v) is 3.93. The zero-order chi connectivity index (χ0) is 16.6. The van der Waals surface area contributed by atoms with Crippen LogP contribution in [0.3, 0.4) is 0 Å². The van der Waals surface area contributed by atoms with Crippen molar-refractivity contribution in [2.24, 2.45) is 0 Å². The van der Waals surface area contributed by atoms with Gasteiger partial charge in [0.25, 0.3) is 0 Å². The Balaban J connectivity index is 2.95. The molecule has 0 radical (unpaired) electrons. The first kappa shape index (κ1) is 18.1. The second-order valence-corrected chi connectivity index (χ2v) is 6.24. The summed E-state index contributed by atoms with van der Waals surface area (Å²) < 4.78 is 87.2. The lowest BCUT2D eigenvalue weighted by atomic mass is 10.0. The fraction of sp³-hybridized carbons (Fsp3) is 0.400. The average Bonchev–Trinajstić information content (AvgIpc) is 2.74. The predicted octanol–water partition coefficient (Wildman–Crippen LogP) is 4.49. The van der Waals surface area contributed by atoms with E-state index in [9.17, 15) is 40.3 Å². The van der Waals surface area contributed by atoms with Gasteiger partial charge in [0.15, 0.2) is 5.78 Å². The molecule has 0 amide bonds. The van der Waals surface area contributed by atoms with Crippen molar-refractivity contribution in [2.45, 2.75) is 24.4 Å². The van der Waals surface area contributed by atoms with Gasteiger partial charge >= 0.3 is 18.0 Å². The zero-order valence-corrected chi connectivity index (χ0v) is 12.0. The first-order valence-electron chi connectivity index (χ1n) is 4.95. The van der Waals surface area contributed by atoms with E-state index in [0.29, 0.717) is 3.79 Å². The quantitative estimate of drug-likeness (QED) is 0.414. The van der Waals surface area contributed by atoms with Crippen LogP contribution in [0.1, 0.15) is 16.1 Å². The molecule has 1 heterocycles. The Hall–Kier alpha value is -0.970. The molecule has 0 bridgehead atoms. The minimum Gasteiger partial charge on any atom is -0.293 e. The highest BCUT2D eigenvalue weighted by atomic mass is 79.9. The van der Waals surface area contributed by atoms with E-state index in [-0.39, 0.29) is 4.88 Å². The summed E-state index contributed by atoms with van der Waals surface area (Å²) in [6, 6.07) is 2.44. The van der Waals surface area contributed by atoms with Gasteiger partial charge in [0, 0.05) is 0 Å². The van der Waals surface area contributed by atoms with E-state index in [0.717, 1.165) is 17.4 Å². The number of hydrogen-bond acceptors (Lipinski definition) is 3. The number of rotatable bonds is 5. The lowest BCUT2D eigenvalue weighted by Gasteiger charge is -2.26. The molecule has 0 saturated carbocycles. The Labute approximate surface area is 125 Å². The number of hydrogen-bond donors (Lipinski definition) is 0. The summed E-state index contributed by atoms with van der Waals surface area (Å²) in [5.74, 6) is -16.6. The third-order valence-electron chi connectivity index (χ3n) is 2.27. The maximum Gasteiger partial charge on any atom is 0.460 e. The van der Waals surface area contributed by atoms with Crippen molar-refractivity contribution >= 4 is 38.8 Å². The summed E-state index contributed by atoms with van der Waals surface area (Å²) in [6.45, 7) is 0. The summed E-state index contributed by atoms with van der Waals surface area (Å²) >= 11 is 3.65. The Morgan fingerprint density at radius 3 is 1.95 bits per heavy atom. The lowest BCUT2D eigenvalue weighted by Crippen LogP contribution is -2.56. The highest BCUT2D eigenvalue weighted by Crippen LogP contribution is 2.47. The van der Waals surface area contributed by atoms with Crippen LogP contribution in [-0.4, -0.2) is 29.6 Å². The van der Waals surface area contributed by atoms with Crippen molar-refractivity contribution in [1.82, 2.24) is 0 Å². The van der Waals surface area contributed by atoms with E-state index in [2.05, 4.69) is 15.9 Å². The second kappa shape index (κ2) is 5.67. The van der Waals surface area contributed by atoms with E-state index >= 15 is 0 Å². The van der Waals surface area contributed by atoms with Crippen molar-refractivity contribution in [3.8, 4) is 0 Å². The monoisotopic (exact) mass is 400 g/mol. The van der Waals surface area contributed by atoms with Crippen LogP contribution in [0.25, 0.3) is 0 Å². The molecule has 0 aromatic carbocycles. The van der Waals surface area contributed by atoms with E-state index in [1.165, 1.54) is 6.07 Å². The van der Waals surface area contributed by atoms with Crippen LogP contribution in [0, 0.1) is 0 Å². The van der Waals surface area contributed by atoms with E-state index in [4.69, 9.17) is 0 Å². The third kappa shape index (κ3) is 3.44. The van der Waals surface area contributed by atoms with Crippen molar-refractivity contribution in [1.29, 1.82) is 0 Å². The molecule has 11 heteroatoms. The maximum absolute atomic E-state index is 13.0. The Morgan fingerprint density at radius 2 is 1.57 bits per heavy atom. The molecule has 1 rings (SSSR count). The molecule has 0 unspecified atom stereocenters. The first-order valence-corrected chi connectivity index (χ1v) is 6.56.